The molecular formula is C32H44ClN2O2S+. The smallest absolute Gasteiger partial charge is 0.270 e. The van der Waals surface area contributed by atoms with E-state index in [0.717, 1.165) is 34.0 Å². The summed E-state index contributed by atoms with van der Waals surface area (Å²) in [5.74, 6) is 0.668. The molecular weight excluding hydrogens is 512 g/mol. The normalized spacial score (nSPS) is 11.0. The highest BCUT2D eigenvalue weighted by Gasteiger charge is 2.17. The van der Waals surface area contributed by atoms with Gasteiger partial charge in [-0.1, -0.05) is 119 Å². The number of halogens is 1. The van der Waals surface area contributed by atoms with Crippen molar-refractivity contribution < 1.29 is 14.1 Å². The van der Waals surface area contributed by atoms with Crippen LogP contribution in [0.2, 0.25) is 5.02 Å². The van der Waals surface area contributed by atoms with Crippen LogP contribution in [0.3, 0.4) is 0 Å². The number of unbranched alkanes of at least 4 members (excludes halogenated alkanes) is 11. The Bertz CT molecular complexity index is 1110. The molecule has 1 aromatic heterocycles. The number of carbonyl (C=O) groups excluding carboxylic acids is 1. The summed E-state index contributed by atoms with van der Waals surface area (Å²) in [5, 5.41) is 6.75. The van der Waals surface area contributed by atoms with Crippen molar-refractivity contribution in [1.29, 1.82) is 0 Å². The second-order valence-electron chi connectivity index (χ2n) is 10.1. The first-order valence-corrected chi connectivity index (χ1v) is 15.6. The van der Waals surface area contributed by atoms with Crippen LogP contribution in [0.1, 0.15) is 89.5 Å². The van der Waals surface area contributed by atoms with E-state index in [1.54, 1.807) is 11.3 Å². The third kappa shape index (κ3) is 10.4. The molecule has 206 valence electrons. The van der Waals surface area contributed by atoms with E-state index in [2.05, 4.69) is 16.8 Å². The van der Waals surface area contributed by atoms with E-state index in [-0.39, 0.29) is 12.3 Å². The second-order valence-corrected chi connectivity index (χ2v) is 11.4. The lowest BCUT2D eigenvalue weighted by atomic mass is 10.1. The molecule has 4 nitrogen and oxygen atoms in total. The Balaban J connectivity index is 1.33. The van der Waals surface area contributed by atoms with Gasteiger partial charge in [0.25, 0.3) is 5.01 Å². The Labute approximate surface area is 238 Å². The lowest BCUT2D eigenvalue weighted by molar-refractivity contribution is -0.655. The molecule has 0 saturated carbocycles. The van der Waals surface area contributed by atoms with Crippen LogP contribution in [0.15, 0.2) is 54.0 Å². The van der Waals surface area contributed by atoms with Gasteiger partial charge in [-0.3, -0.25) is 4.79 Å². The summed E-state index contributed by atoms with van der Waals surface area (Å²) in [6.45, 7) is 2.97. The highest BCUT2D eigenvalue weighted by Crippen LogP contribution is 2.29. The van der Waals surface area contributed by atoms with Crippen molar-refractivity contribution in [2.75, 3.05) is 11.9 Å². The molecule has 0 bridgehead atoms. The average Bonchev–Trinajstić information content (AvgIpc) is 3.34. The molecule has 0 aliphatic rings. The molecule has 6 heteroatoms. The second kappa shape index (κ2) is 17.3. The Hall–Kier alpha value is -2.37. The fourth-order valence-electron chi connectivity index (χ4n) is 4.63. The molecule has 0 unspecified atom stereocenters. The zero-order valence-electron chi connectivity index (χ0n) is 23.1. The van der Waals surface area contributed by atoms with E-state index < -0.39 is 0 Å². The number of hydrogen-bond donors (Lipinski definition) is 1. The van der Waals surface area contributed by atoms with E-state index in [9.17, 15) is 4.79 Å². The molecule has 2 aromatic carbocycles. The summed E-state index contributed by atoms with van der Waals surface area (Å²) >= 11 is 8.15. The van der Waals surface area contributed by atoms with Crippen molar-refractivity contribution in [1.82, 2.24) is 0 Å². The lowest BCUT2D eigenvalue weighted by Gasteiger charge is -2.11. The van der Waals surface area contributed by atoms with Gasteiger partial charge in [0, 0.05) is 5.02 Å². The van der Waals surface area contributed by atoms with Crippen LogP contribution in [-0.4, -0.2) is 12.5 Å². The quantitative estimate of drug-likeness (QED) is 0.125. The van der Waals surface area contributed by atoms with Crippen LogP contribution in [0, 0.1) is 0 Å². The molecule has 0 radical (unpaired) electrons. The van der Waals surface area contributed by atoms with Crippen molar-refractivity contribution in [3.63, 3.8) is 0 Å². The van der Waals surface area contributed by atoms with Gasteiger partial charge in [-0.2, -0.15) is 4.57 Å². The molecule has 0 aliphatic heterocycles. The predicted molar refractivity (Wildman–Crippen MR) is 161 cm³/mol. The Morgan fingerprint density at radius 2 is 1.58 bits per heavy atom. The maximum absolute atomic E-state index is 12.8. The minimum Gasteiger partial charge on any atom is -0.494 e. The van der Waals surface area contributed by atoms with Gasteiger partial charge >= 0.3 is 0 Å². The molecule has 0 atom stereocenters. The number of thiazole rings is 1. The number of anilines is 1. The van der Waals surface area contributed by atoms with Crippen LogP contribution < -0.4 is 14.6 Å². The minimum atomic E-state index is -0.0938. The number of carbonyl (C=O) groups is 1. The molecule has 0 aliphatic carbocycles. The van der Waals surface area contributed by atoms with Crippen molar-refractivity contribution in [2.24, 2.45) is 7.05 Å². The van der Waals surface area contributed by atoms with E-state index in [1.165, 1.54) is 70.6 Å². The van der Waals surface area contributed by atoms with Crippen molar-refractivity contribution in [3.05, 3.63) is 64.6 Å². The number of hydrogen-bond acceptors (Lipinski definition) is 3. The average molecular weight is 556 g/mol. The zero-order chi connectivity index (χ0) is 27.0. The first-order chi connectivity index (χ1) is 18.6. The number of amides is 1. The third-order valence-corrected chi connectivity index (χ3v) is 8.20. The van der Waals surface area contributed by atoms with Gasteiger partial charge < -0.3 is 10.1 Å². The molecule has 1 heterocycles. The largest absolute Gasteiger partial charge is 0.494 e. The minimum absolute atomic E-state index is 0.0938. The van der Waals surface area contributed by atoms with E-state index >= 15 is 0 Å². The van der Waals surface area contributed by atoms with Crippen LogP contribution in [0.5, 0.6) is 5.75 Å². The van der Waals surface area contributed by atoms with E-state index in [0.29, 0.717) is 11.6 Å². The number of nitrogens with one attached hydrogen (secondary N) is 1. The molecule has 38 heavy (non-hydrogen) atoms. The number of para-hydroxylation sites is 1. The van der Waals surface area contributed by atoms with Crippen LogP contribution in [0.25, 0.3) is 10.6 Å². The highest BCUT2D eigenvalue weighted by atomic mass is 35.5. The van der Waals surface area contributed by atoms with Gasteiger partial charge in [0.05, 0.1) is 29.7 Å². The first-order valence-electron chi connectivity index (χ1n) is 14.3. The van der Waals surface area contributed by atoms with Gasteiger partial charge in [0.1, 0.15) is 12.8 Å². The van der Waals surface area contributed by atoms with Crippen molar-refractivity contribution >= 4 is 34.5 Å². The predicted octanol–water partition coefficient (Wildman–Crippen LogP) is 9.15. The summed E-state index contributed by atoms with van der Waals surface area (Å²) in [7, 11) is 2.01. The summed E-state index contributed by atoms with van der Waals surface area (Å²) < 4.78 is 7.97. The van der Waals surface area contributed by atoms with Gasteiger partial charge in [0.2, 0.25) is 5.91 Å². The fraction of sp³-hybridized carbons (Fsp3) is 0.500. The van der Waals surface area contributed by atoms with E-state index in [4.69, 9.17) is 16.3 Å². The summed E-state index contributed by atoms with van der Waals surface area (Å²) in [4.78, 5) is 12.8. The number of benzene rings is 2. The molecule has 0 spiro atoms. The topological polar surface area (TPSA) is 42.2 Å². The maximum atomic E-state index is 12.8. The standard InChI is InChI=1S/C32H43ClN2O2S/c1-3-4-5-6-7-8-9-10-11-12-13-16-22-37-27-20-19-26(29(33)25-27)24-31(36)34-30-18-15-14-17-28(30)32-35(2)21-23-38-32/h14-15,17-21,23,25H,3-13,16,22,24H2,1-2H3/p+1. The Morgan fingerprint density at radius 1 is 0.921 bits per heavy atom. The van der Waals surface area contributed by atoms with Gasteiger partial charge in [-0.25, -0.2) is 0 Å². The first kappa shape index (κ1) is 30.2. The van der Waals surface area contributed by atoms with Gasteiger partial charge in [-0.15, -0.1) is 0 Å². The number of rotatable bonds is 18. The number of aryl methyl sites for hydroxylation is 1. The van der Waals surface area contributed by atoms with Crippen molar-refractivity contribution in [3.8, 4) is 16.3 Å². The lowest BCUT2D eigenvalue weighted by Crippen LogP contribution is -2.27. The zero-order valence-corrected chi connectivity index (χ0v) is 24.7. The molecule has 1 N–H and O–H groups in total. The highest BCUT2D eigenvalue weighted by molar-refractivity contribution is 7.12. The SMILES string of the molecule is CCCCCCCCCCCCCCOc1ccc(CC(=O)Nc2ccccc2-c2scc[n+]2C)c(Cl)c1. The Morgan fingerprint density at radius 3 is 2.21 bits per heavy atom. The summed E-state index contributed by atoms with van der Waals surface area (Å²) in [6.07, 6.45) is 18.2. The number of nitrogens with zero attached hydrogens (tertiary/aromatic N) is 1. The molecule has 0 saturated heterocycles. The molecule has 1 amide bonds. The summed E-state index contributed by atoms with van der Waals surface area (Å²) in [5.41, 5.74) is 2.60. The third-order valence-electron chi connectivity index (χ3n) is 6.86. The molecule has 3 aromatic rings. The van der Waals surface area contributed by atoms with Crippen LogP contribution >= 0.6 is 22.9 Å². The van der Waals surface area contributed by atoms with Crippen LogP contribution in [0.4, 0.5) is 5.69 Å². The van der Waals surface area contributed by atoms with Crippen LogP contribution in [-0.2, 0) is 18.3 Å². The van der Waals surface area contributed by atoms with Crippen molar-refractivity contribution in [2.45, 2.75) is 90.4 Å². The maximum Gasteiger partial charge on any atom is 0.270 e. The molecule has 3 rings (SSSR count). The fourth-order valence-corrected chi connectivity index (χ4v) is 5.77. The molecule has 0 fully saturated rings. The number of ether oxygens (including phenoxy) is 1. The number of aromatic nitrogens is 1. The van der Waals surface area contributed by atoms with Gasteiger partial charge in [-0.05, 0) is 36.2 Å². The summed E-state index contributed by atoms with van der Waals surface area (Å²) in [6, 6.07) is 13.5. The van der Waals surface area contributed by atoms with Gasteiger partial charge in [0.15, 0.2) is 6.20 Å². The Kier molecular flexibility index (Phi) is 13.7. The monoisotopic (exact) mass is 555 g/mol. The van der Waals surface area contributed by atoms with E-state index in [1.807, 2.05) is 61.1 Å².